The second-order valence-corrected chi connectivity index (χ2v) is 4.38. The molecule has 1 aromatic rings. The Bertz CT molecular complexity index is 413. The molecule has 17 heavy (non-hydrogen) atoms. The summed E-state index contributed by atoms with van der Waals surface area (Å²) in [7, 11) is 0. The quantitative estimate of drug-likeness (QED) is 0.815. The normalized spacial score (nSPS) is 21.2. The van der Waals surface area contributed by atoms with Crippen LogP contribution in [0.4, 0.5) is 4.39 Å². The maximum atomic E-state index is 13.7. The van der Waals surface area contributed by atoms with E-state index in [9.17, 15) is 9.50 Å². The van der Waals surface area contributed by atoms with E-state index in [1.807, 2.05) is 6.08 Å². The predicted molar refractivity (Wildman–Crippen MR) is 64.4 cm³/mol. The highest BCUT2D eigenvalue weighted by atomic mass is 19.1. The minimum absolute atomic E-state index is 0.0318. The zero-order valence-electron chi connectivity index (χ0n) is 9.90. The van der Waals surface area contributed by atoms with Gasteiger partial charge in [-0.3, -0.25) is 0 Å². The van der Waals surface area contributed by atoms with Crippen molar-refractivity contribution in [2.75, 3.05) is 0 Å². The van der Waals surface area contributed by atoms with Crippen molar-refractivity contribution >= 4 is 0 Å². The van der Waals surface area contributed by atoms with Gasteiger partial charge >= 0.3 is 0 Å². The zero-order valence-corrected chi connectivity index (χ0v) is 9.90. The van der Waals surface area contributed by atoms with Crippen LogP contribution < -0.4 is 4.74 Å². The Balaban J connectivity index is 2.10. The standard InChI is InChI=1S/C14H17FO2/c1-10(16)11-7-8-14(13(15)9-11)17-12-5-3-2-4-6-12/h3,5,7-10,12,16H,2,4,6H2,1H3. The third-order valence-electron chi connectivity index (χ3n) is 2.93. The number of aliphatic hydroxyl groups excluding tert-OH is 1. The molecule has 0 bridgehead atoms. The number of allylic oxidation sites excluding steroid dienone is 1. The minimum atomic E-state index is -0.659. The van der Waals surface area contributed by atoms with Crippen LogP contribution in [-0.2, 0) is 0 Å². The Labute approximate surface area is 101 Å². The van der Waals surface area contributed by atoms with Crippen LogP contribution in [0, 0.1) is 5.82 Å². The van der Waals surface area contributed by atoms with E-state index >= 15 is 0 Å². The van der Waals surface area contributed by atoms with Gasteiger partial charge in [0.1, 0.15) is 6.10 Å². The average Bonchev–Trinajstić information content (AvgIpc) is 2.33. The van der Waals surface area contributed by atoms with Gasteiger partial charge in [0.2, 0.25) is 0 Å². The summed E-state index contributed by atoms with van der Waals surface area (Å²) in [5.41, 5.74) is 0.564. The Kier molecular flexibility index (Phi) is 3.79. The lowest BCUT2D eigenvalue weighted by molar-refractivity contribution is 0.197. The van der Waals surface area contributed by atoms with Crippen LogP contribution in [0.5, 0.6) is 5.75 Å². The monoisotopic (exact) mass is 236 g/mol. The van der Waals surface area contributed by atoms with Crippen molar-refractivity contribution in [3.63, 3.8) is 0 Å². The van der Waals surface area contributed by atoms with Gasteiger partial charge in [0.15, 0.2) is 11.6 Å². The van der Waals surface area contributed by atoms with Crippen LogP contribution >= 0.6 is 0 Å². The number of hydrogen-bond donors (Lipinski definition) is 1. The van der Waals surface area contributed by atoms with E-state index in [1.54, 1.807) is 19.1 Å². The molecule has 2 nitrogen and oxygen atoms in total. The summed E-state index contributed by atoms with van der Waals surface area (Å²) in [4.78, 5) is 0. The molecule has 1 aromatic carbocycles. The molecule has 0 saturated heterocycles. The molecule has 2 atom stereocenters. The van der Waals surface area contributed by atoms with Crippen LogP contribution in [-0.4, -0.2) is 11.2 Å². The molecule has 92 valence electrons. The number of ether oxygens (including phenoxy) is 1. The van der Waals surface area contributed by atoms with Crippen LogP contribution in [0.15, 0.2) is 30.4 Å². The third kappa shape index (κ3) is 3.07. The van der Waals surface area contributed by atoms with E-state index in [0.717, 1.165) is 19.3 Å². The van der Waals surface area contributed by atoms with E-state index in [0.29, 0.717) is 5.56 Å². The Morgan fingerprint density at radius 1 is 1.47 bits per heavy atom. The SMILES string of the molecule is CC(O)c1ccc(OC2C=CCCC2)c(F)c1. The summed E-state index contributed by atoms with van der Waals surface area (Å²) >= 11 is 0. The molecule has 0 aliphatic heterocycles. The third-order valence-corrected chi connectivity index (χ3v) is 2.93. The van der Waals surface area contributed by atoms with Gasteiger partial charge in [-0.2, -0.15) is 0 Å². The largest absolute Gasteiger partial charge is 0.483 e. The Morgan fingerprint density at radius 2 is 2.29 bits per heavy atom. The van der Waals surface area contributed by atoms with Crippen molar-refractivity contribution in [2.45, 2.75) is 38.4 Å². The highest BCUT2D eigenvalue weighted by Gasteiger charge is 2.13. The zero-order chi connectivity index (χ0) is 12.3. The summed E-state index contributed by atoms with van der Waals surface area (Å²) < 4.78 is 19.3. The maximum Gasteiger partial charge on any atom is 0.165 e. The Morgan fingerprint density at radius 3 is 2.88 bits per heavy atom. The number of rotatable bonds is 3. The molecule has 0 amide bonds. The fourth-order valence-corrected chi connectivity index (χ4v) is 1.91. The van der Waals surface area contributed by atoms with E-state index < -0.39 is 11.9 Å². The molecule has 0 saturated carbocycles. The fraction of sp³-hybridized carbons (Fsp3) is 0.429. The number of aliphatic hydroxyl groups is 1. The summed E-state index contributed by atoms with van der Waals surface area (Å²) in [6.07, 6.45) is 6.43. The molecule has 1 aliphatic rings. The van der Waals surface area contributed by atoms with Gasteiger partial charge in [-0.05, 0) is 50.0 Å². The second-order valence-electron chi connectivity index (χ2n) is 4.38. The topological polar surface area (TPSA) is 29.5 Å². The number of benzene rings is 1. The van der Waals surface area contributed by atoms with Gasteiger partial charge in [-0.25, -0.2) is 4.39 Å². The molecule has 3 heteroatoms. The molecule has 0 heterocycles. The van der Waals surface area contributed by atoms with Crippen molar-refractivity contribution in [3.05, 3.63) is 41.7 Å². The molecule has 2 rings (SSSR count). The molecule has 1 N–H and O–H groups in total. The summed E-state index contributed by atoms with van der Waals surface area (Å²) in [5, 5.41) is 9.34. The highest BCUT2D eigenvalue weighted by Crippen LogP contribution is 2.25. The van der Waals surface area contributed by atoms with Gasteiger partial charge in [-0.15, -0.1) is 0 Å². The van der Waals surface area contributed by atoms with Crippen LogP contribution in [0.1, 0.15) is 37.9 Å². The number of hydrogen-bond acceptors (Lipinski definition) is 2. The minimum Gasteiger partial charge on any atom is -0.483 e. The first-order chi connectivity index (χ1) is 8.16. The van der Waals surface area contributed by atoms with Crippen molar-refractivity contribution in [1.29, 1.82) is 0 Å². The molecular formula is C14H17FO2. The molecule has 1 aliphatic carbocycles. The van der Waals surface area contributed by atoms with E-state index in [1.165, 1.54) is 6.07 Å². The lowest BCUT2D eigenvalue weighted by atomic mass is 10.1. The maximum absolute atomic E-state index is 13.7. The predicted octanol–water partition coefficient (Wildman–Crippen LogP) is 3.37. The molecular weight excluding hydrogens is 219 g/mol. The van der Waals surface area contributed by atoms with E-state index in [-0.39, 0.29) is 11.9 Å². The van der Waals surface area contributed by atoms with Crippen molar-refractivity contribution in [3.8, 4) is 5.75 Å². The number of halogens is 1. The first kappa shape index (κ1) is 12.1. The fourth-order valence-electron chi connectivity index (χ4n) is 1.91. The van der Waals surface area contributed by atoms with Crippen LogP contribution in [0.3, 0.4) is 0 Å². The summed E-state index contributed by atoms with van der Waals surface area (Å²) in [6.45, 7) is 1.61. The van der Waals surface area contributed by atoms with Crippen molar-refractivity contribution in [1.82, 2.24) is 0 Å². The van der Waals surface area contributed by atoms with Gasteiger partial charge in [0.05, 0.1) is 6.10 Å². The van der Waals surface area contributed by atoms with E-state index in [4.69, 9.17) is 4.74 Å². The summed E-state index contributed by atoms with van der Waals surface area (Å²) in [5.74, 6) is -0.159. The lowest BCUT2D eigenvalue weighted by Gasteiger charge is -2.19. The summed E-state index contributed by atoms with van der Waals surface area (Å²) in [6, 6.07) is 4.60. The van der Waals surface area contributed by atoms with Gasteiger partial charge in [0, 0.05) is 0 Å². The van der Waals surface area contributed by atoms with Crippen molar-refractivity contribution in [2.24, 2.45) is 0 Å². The molecule has 2 unspecified atom stereocenters. The highest BCUT2D eigenvalue weighted by molar-refractivity contribution is 5.30. The molecule has 0 spiro atoms. The first-order valence-corrected chi connectivity index (χ1v) is 5.97. The average molecular weight is 236 g/mol. The molecule has 0 radical (unpaired) electrons. The van der Waals surface area contributed by atoms with Crippen molar-refractivity contribution < 1.29 is 14.2 Å². The lowest BCUT2D eigenvalue weighted by Crippen LogP contribution is -2.16. The molecule has 0 aromatic heterocycles. The smallest absolute Gasteiger partial charge is 0.165 e. The molecule has 0 fully saturated rings. The Hall–Kier alpha value is -1.35. The van der Waals surface area contributed by atoms with Crippen LogP contribution in [0.25, 0.3) is 0 Å². The second kappa shape index (κ2) is 5.32. The van der Waals surface area contributed by atoms with Gasteiger partial charge < -0.3 is 9.84 Å². The van der Waals surface area contributed by atoms with Crippen LogP contribution in [0.2, 0.25) is 0 Å². The van der Waals surface area contributed by atoms with Gasteiger partial charge in [0.25, 0.3) is 0 Å². The van der Waals surface area contributed by atoms with E-state index in [2.05, 4.69) is 6.08 Å². The van der Waals surface area contributed by atoms with Gasteiger partial charge in [-0.1, -0.05) is 12.1 Å². The first-order valence-electron chi connectivity index (χ1n) is 5.97.